The van der Waals surface area contributed by atoms with E-state index in [9.17, 15) is 4.79 Å². The number of carbonyl (C=O) groups excluding carboxylic acids is 1. The average Bonchev–Trinajstić information content (AvgIpc) is 3.53. The van der Waals surface area contributed by atoms with Crippen LogP contribution < -0.4 is 10.2 Å². The quantitative estimate of drug-likeness (QED) is 0.348. The number of hydrogen-bond donors (Lipinski definition) is 3. The number of hydrogen-bond acceptors (Lipinski definition) is 8. The van der Waals surface area contributed by atoms with Crippen molar-refractivity contribution in [3.63, 3.8) is 0 Å². The van der Waals surface area contributed by atoms with Crippen LogP contribution in [-0.2, 0) is 4.79 Å². The minimum Gasteiger partial charge on any atom is -0.366 e. The zero-order valence-electron chi connectivity index (χ0n) is 20.1. The molecule has 0 saturated carbocycles. The maximum absolute atomic E-state index is 11.8. The van der Waals surface area contributed by atoms with Crippen molar-refractivity contribution in [1.29, 1.82) is 0 Å². The molecular formula is C25H26N10O. The van der Waals surface area contributed by atoms with Crippen LogP contribution in [0.4, 0.5) is 11.4 Å². The molecule has 0 aliphatic carbocycles. The zero-order valence-corrected chi connectivity index (χ0v) is 20.1. The monoisotopic (exact) mass is 482 g/mol. The molecule has 0 aromatic carbocycles. The number of aromatic nitrogens is 7. The number of fused-ring (bicyclic) bond motifs is 2. The molecule has 0 atom stereocenters. The largest absolute Gasteiger partial charge is 0.366 e. The third-order valence-corrected chi connectivity index (χ3v) is 6.54. The highest BCUT2D eigenvalue weighted by Crippen LogP contribution is 2.32. The summed E-state index contributed by atoms with van der Waals surface area (Å²) in [5, 5.41) is 11.2. The summed E-state index contributed by atoms with van der Waals surface area (Å²) in [5.41, 5.74) is 6.49. The summed E-state index contributed by atoms with van der Waals surface area (Å²) in [6.45, 7) is 5.70. The molecule has 1 aliphatic heterocycles. The smallest absolute Gasteiger partial charge is 0.224 e. The van der Waals surface area contributed by atoms with Crippen LogP contribution in [0.15, 0.2) is 43.1 Å². The molecule has 1 saturated heterocycles. The summed E-state index contributed by atoms with van der Waals surface area (Å²) in [7, 11) is 2.14. The first-order chi connectivity index (χ1) is 17.6. The number of pyridine rings is 3. The first kappa shape index (κ1) is 22.1. The lowest BCUT2D eigenvalue weighted by Crippen LogP contribution is -2.44. The van der Waals surface area contributed by atoms with E-state index in [1.165, 1.54) is 0 Å². The van der Waals surface area contributed by atoms with Gasteiger partial charge in [0.25, 0.3) is 0 Å². The number of rotatable bonds is 5. The van der Waals surface area contributed by atoms with Crippen LogP contribution in [-0.4, -0.2) is 79.2 Å². The minimum atomic E-state index is -0.0602. The maximum Gasteiger partial charge on any atom is 0.224 e. The lowest BCUT2D eigenvalue weighted by atomic mass is 10.1. The Morgan fingerprint density at radius 3 is 2.67 bits per heavy atom. The van der Waals surface area contributed by atoms with Gasteiger partial charge in [0, 0.05) is 56.1 Å². The third kappa shape index (κ3) is 4.03. The molecule has 182 valence electrons. The number of H-pyrrole nitrogens is 2. The van der Waals surface area contributed by atoms with Crippen molar-refractivity contribution < 1.29 is 4.79 Å². The molecule has 6 rings (SSSR count). The number of likely N-dealkylation sites (N-methyl/N-ethyl adjacent to an activating group) is 1. The van der Waals surface area contributed by atoms with Crippen LogP contribution in [0, 0.1) is 0 Å². The fourth-order valence-corrected chi connectivity index (χ4v) is 4.47. The fourth-order valence-electron chi connectivity index (χ4n) is 4.47. The van der Waals surface area contributed by atoms with Gasteiger partial charge in [-0.1, -0.05) is 6.92 Å². The van der Waals surface area contributed by atoms with Crippen LogP contribution in [0.1, 0.15) is 13.3 Å². The van der Waals surface area contributed by atoms with E-state index in [2.05, 4.69) is 52.3 Å². The van der Waals surface area contributed by atoms with Gasteiger partial charge in [0.15, 0.2) is 11.5 Å². The number of nitrogens with zero attached hydrogens (tertiary/aromatic N) is 7. The maximum atomic E-state index is 11.8. The van der Waals surface area contributed by atoms with Gasteiger partial charge in [-0.15, -0.1) is 0 Å². The molecule has 5 aromatic heterocycles. The van der Waals surface area contributed by atoms with Crippen molar-refractivity contribution in [3.8, 4) is 22.6 Å². The van der Waals surface area contributed by atoms with Gasteiger partial charge in [-0.3, -0.25) is 19.9 Å². The minimum absolute atomic E-state index is 0.0602. The number of nitrogens with one attached hydrogen (secondary N) is 3. The molecule has 0 bridgehead atoms. The average molecular weight is 483 g/mol. The van der Waals surface area contributed by atoms with Crippen molar-refractivity contribution in [2.75, 3.05) is 43.4 Å². The van der Waals surface area contributed by atoms with Crippen molar-refractivity contribution >= 4 is 39.3 Å². The number of piperazine rings is 1. The highest BCUT2D eigenvalue weighted by molar-refractivity contribution is 5.96. The van der Waals surface area contributed by atoms with Crippen LogP contribution in [0.5, 0.6) is 0 Å². The zero-order chi connectivity index (χ0) is 24.6. The van der Waals surface area contributed by atoms with E-state index in [0.29, 0.717) is 23.6 Å². The van der Waals surface area contributed by atoms with Gasteiger partial charge in [0.05, 0.1) is 40.9 Å². The van der Waals surface area contributed by atoms with Crippen LogP contribution >= 0.6 is 0 Å². The summed E-state index contributed by atoms with van der Waals surface area (Å²) < 4.78 is 0. The number of carbonyl (C=O) groups is 1. The third-order valence-electron chi connectivity index (χ3n) is 6.54. The molecule has 1 fully saturated rings. The highest BCUT2D eigenvalue weighted by atomic mass is 16.1. The molecule has 0 spiro atoms. The molecule has 6 heterocycles. The predicted octanol–water partition coefficient (Wildman–Crippen LogP) is 3.06. The standard InChI is InChI=1S/C25H26N10O/c1-3-21(36)29-17-8-15(10-26-12-17)16-9-18-22(32-33-24(18)28-11-16)25-30-19-13-27-14-20(23(19)31-25)35-6-4-34(2)5-7-35/h8-14H,3-7H2,1-2H3,(H,29,36)(H,30,31)(H,28,32,33). The first-order valence-electron chi connectivity index (χ1n) is 12.0. The molecule has 1 amide bonds. The van der Waals surface area contributed by atoms with Crippen LogP contribution in [0.25, 0.3) is 44.7 Å². The Bertz CT molecular complexity index is 1560. The molecule has 0 unspecified atom stereocenters. The number of aromatic amines is 2. The second-order valence-corrected chi connectivity index (χ2v) is 8.99. The van der Waals surface area contributed by atoms with Crippen molar-refractivity contribution in [1.82, 2.24) is 40.0 Å². The Balaban J connectivity index is 1.38. The Morgan fingerprint density at radius 1 is 1.03 bits per heavy atom. The number of amides is 1. The summed E-state index contributed by atoms with van der Waals surface area (Å²) in [4.78, 5) is 38.1. The van der Waals surface area contributed by atoms with Crippen molar-refractivity contribution in [2.24, 2.45) is 0 Å². The second kappa shape index (κ2) is 9.00. The van der Waals surface area contributed by atoms with E-state index in [0.717, 1.165) is 65.1 Å². The van der Waals surface area contributed by atoms with Gasteiger partial charge in [0.1, 0.15) is 11.2 Å². The van der Waals surface area contributed by atoms with Gasteiger partial charge in [-0.05, 0) is 19.2 Å². The van der Waals surface area contributed by atoms with Crippen LogP contribution in [0.3, 0.4) is 0 Å². The fraction of sp³-hybridized carbons (Fsp3) is 0.280. The van der Waals surface area contributed by atoms with E-state index in [4.69, 9.17) is 4.98 Å². The lowest BCUT2D eigenvalue weighted by molar-refractivity contribution is -0.115. The second-order valence-electron chi connectivity index (χ2n) is 8.99. The lowest BCUT2D eigenvalue weighted by Gasteiger charge is -2.33. The van der Waals surface area contributed by atoms with Crippen LogP contribution in [0.2, 0.25) is 0 Å². The Morgan fingerprint density at radius 2 is 1.83 bits per heavy atom. The highest BCUT2D eigenvalue weighted by Gasteiger charge is 2.20. The topological polar surface area (TPSA) is 132 Å². The number of imidazole rings is 1. The SMILES string of the molecule is CCC(=O)Nc1cncc(-c2cnc3n[nH]c(-c4nc5c(N6CCN(C)CC6)cncc5[nH]4)c3c2)c1. The number of anilines is 2. The van der Waals surface area contributed by atoms with Gasteiger partial charge < -0.3 is 20.1 Å². The van der Waals surface area contributed by atoms with E-state index in [1.54, 1.807) is 24.8 Å². The molecule has 36 heavy (non-hydrogen) atoms. The van der Waals surface area contributed by atoms with E-state index >= 15 is 0 Å². The molecule has 11 nitrogen and oxygen atoms in total. The van der Waals surface area contributed by atoms with E-state index in [-0.39, 0.29) is 5.91 Å². The Kier molecular flexibility index (Phi) is 5.53. The van der Waals surface area contributed by atoms with Gasteiger partial charge in [-0.2, -0.15) is 5.10 Å². The Labute approximate surface area is 207 Å². The molecule has 5 aromatic rings. The molecule has 1 aliphatic rings. The molecule has 0 radical (unpaired) electrons. The first-order valence-corrected chi connectivity index (χ1v) is 12.0. The van der Waals surface area contributed by atoms with Crippen molar-refractivity contribution in [2.45, 2.75) is 13.3 Å². The molecular weight excluding hydrogens is 456 g/mol. The Hall–Kier alpha value is -4.38. The summed E-state index contributed by atoms with van der Waals surface area (Å²) >= 11 is 0. The molecule has 11 heteroatoms. The van der Waals surface area contributed by atoms with Crippen molar-refractivity contribution in [3.05, 3.63) is 43.1 Å². The van der Waals surface area contributed by atoms with Gasteiger partial charge in [-0.25, -0.2) is 9.97 Å². The van der Waals surface area contributed by atoms with E-state index in [1.807, 2.05) is 25.3 Å². The summed E-state index contributed by atoms with van der Waals surface area (Å²) in [6.07, 6.45) is 9.23. The molecule has 3 N–H and O–H groups in total. The normalized spacial score (nSPS) is 14.6. The summed E-state index contributed by atoms with van der Waals surface area (Å²) in [5.74, 6) is 0.617. The van der Waals surface area contributed by atoms with E-state index < -0.39 is 0 Å². The van der Waals surface area contributed by atoms with Gasteiger partial charge >= 0.3 is 0 Å². The van der Waals surface area contributed by atoms with Gasteiger partial charge in [0.2, 0.25) is 5.91 Å². The summed E-state index contributed by atoms with van der Waals surface area (Å²) in [6, 6.07) is 3.90. The predicted molar refractivity (Wildman–Crippen MR) is 139 cm³/mol.